The molecule has 0 spiro atoms. The van der Waals surface area contributed by atoms with Gasteiger partial charge in [-0.05, 0) is 44.9 Å². The predicted octanol–water partition coefficient (Wildman–Crippen LogP) is 4.05. The smallest absolute Gasteiger partial charge is 0.306 e. The number of primary amides is 1. The maximum absolute atomic E-state index is 13.4. The molecule has 0 fully saturated rings. The second-order valence-electron chi connectivity index (χ2n) is 8.61. The molecule has 7 heteroatoms. The van der Waals surface area contributed by atoms with Crippen LogP contribution in [0.2, 0.25) is 0 Å². The Bertz CT molecular complexity index is 1040. The lowest BCUT2D eigenvalue weighted by Crippen LogP contribution is -2.45. The summed E-state index contributed by atoms with van der Waals surface area (Å²) in [6.45, 7) is 9.31. The van der Waals surface area contributed by atoms with Crippen LogP contribution < -0.4 is 10.5 Å². The number of amides is 2. The number of para-hydroxylation sites is 1. The van der Waals surface area contributed by atoms with Crippen LogP contribution in [0.3, 0.4) is 0 Å². The van der Waals surface area contributed by atoms with Gasteiger partial charge in [-0.1, -0.05) is 43.0 Å². The van der Waals surface area contributed by atoms with Gasteiger partial charge in [0, 0.05) is 18.5 Å². The van der Waals surface area contributed by atoms with Crippen molar-refractivity contribution in [1.82, 2.24) is 4.90 Å². The number of hydrogen-bond donors (Lipinski definition) is 1. The second-order valence-corrected chi connectivity index (χ2v) is 8.61. The van der Waals surface area contributed by atoms with Crippen LogP contribution in [-0.2, 0) is 20.9 Å². The molecule has 2 aromatic carbocycles. The normalized spacial score (nSPS) is 14.0. The molecule has 1 heterocycles. The number of rotatable bonds is 8. The Hall–Kier alpha value is -3.61. The Kier molecular flexibility index (Phi) is 6.67. The Morgan fingerprint density at radius 1 is 1.19 bits per heavy atom. The summed E-state index contributed by atoms with van der Waals surface area (Å²) in [5, 5.41) is 0. The number of benzene rings is 2. The molecule has 1 aliphatic rings. The minimum Gasteiger partial charge on any atom is -0.460 e. The second kappa shape index (κ2) is 9.26. The zero-order valence-electron chi connectivity index (χ0n) is 18.6. The zero-order chi connectivity index (χ0) is 23.5. The highest BCUT2D eigenvalue weighted by atomic mass is 16.6. The zero-order valence-corrected chi connectivity index (χ0v) is 18.6. The maximum atomic E-state index is 13.4. The predicted molar refractivity (Wildman–Crippen MR) is 121 cm³/mol. The Morgan fingerprint density at radius 2 is 1.88 bits per heavy atom. The molecule has 1 atom stereocenters. The molecular formula is C25H28N2O5. The largest absolute Gasteiger partial charge is 0.460 e. The quantitative estimate of drug-likeness (QED) is 0.630. The topological polar surface area (TPSA) is 98.9 Å². The molecule has 1 aliphatic heterocycles. The lowest BCUT2D eigenvalue weighted by molar-refractivity contribution is -0.155. The molecule has 2 amide bonds. The van der Waals surface area contributed by atoms with Crippen LogP contribution in [0.25, 0.3) is 6.08 Å². The lowest BCUT2D eigenvalue weighted by atomic mass is 10.0. The van der Waals surface area contributed by atoms with Crippen molar-refractivity contribution in [2.75, 3.05) is 0 Å². The van der Waals surface area contributed by atoms with E-state index in [1.54, 1.807) is 39.0 Å². The highest BCUT2D eigenvalue weighted by molar-refractivity contribution is 6.04. The molecule has 3 rings (SSSR count). The van der Waals surface area contributed by atoms with Crippen molar-refractivity contribution in [2.24, 2.45) is 5.73 Å². The highest BCUT2D eigenvalue weighted by Gasteiger charge is 2.38. The molecule has 7 nitrogen and oxygen atoms in total. The number of ether oxygens (including phenoxy) is 2. The van der Waals surface area contributed by atoms with E-state index < -0.39 is 23.5 Å². The van der Waals surface area contributed by atoms with Crippen LogP contribution in [0.4, 0.5) is 0 Å². The number of nitrogens with zero attached hydrogens (tertiary/aromatic N) is 1. The van der Waals surface area contributed by atoms with Gasteiger partial charge in [-0.3, -0.25) is 14.4 Å². The molecule has 0 saturated heterocycles. The molecular weight excluding hydrogens is 408 g/mol. The highest BCUT2D eigenvalue weighted by Crippen LogP contribution is 2.38. The summed E-state index contributed by atoms with van der Waals surface area (Å²) in [6, 6.07) is 11.8. The van der Waals surface area contributed by atoms with Crippen molar-refractivity contribution in [3.05, 3.63) is 65.7 Å². The van der Waals surface area contributed by atoms with Gasteiger partial charge in [0.2, 0.25) is 5.91 Å². The monoisotopic (exact) mass is 436 g/mol. The fraction of sp³-hybridized carbons (Fsp3) is 0.320. The van der Waals surface area contributed by atoms with E-state index in [1.165, 1.54) is 4.90 Å². The summed E-state index contributed by atoms with van der Waals surface area (Å²) in [6.07, 6.45) is 1.66. The summed E-state index contributed by atoms with van der Waals surface area (Å²) in [7, 11) is 0. The molecule has 2 aromatic rings. The van der Waals surface area contributed by atoms with Crippen LogP contribution in [0.5, 0.6) is 11.5 Å². The van der Waals surface area contributed by atoms with Crippen molar-refractivity contribution in [2.45, 2.75) is 51.8 Å². The Labute approximate surface area is 187 Å². The lowest BCUT2D eigenvalue weighted by Gasteiger charge is -2.26. The van der Waals surface area contributed by atoms with E-state index in [1.807, 2.05) is 30.3 Å². The average Bonchev–Trinajstić information content (AvgIpc) is 3.04. The van der Waals surface area contributed by atoms with Crippen molar-refractivity contribution in [3.63, 3.8) is 0 Å². The molecule has 0 aliphatic carbocycles. The van der Waals surface area contributed by atoms with Gasteiger partial charge in [-0.25, -0.2) is 0 Å². The summed E-state index contributed by atoms with van der Waals surface area (Å²) < 4.78 is 11.4. The van der Waals surface area contributed by atoms with Crippen LogP contribution in [-0.4, -0.2) is 34.3 Å². The van der Waals surface area contributed by atoms with Gasteiger partial charge in [0.15, 0.2) is 0 Å². The van der Waals surface area contributed by atoms with Gasteiger partial charge in [0.1, 0.15) is 23.1 Å². The fourth-order valence-electron chi connectivity index (χ4n) is 3.63. The summed E-state index contributed by atoms with van der Waals surface area (Å²) in [5.41, 5.74) is 6.72. The minimum absolute atomic E-state index is 0.0315. The first-order valence-corrected chi connectivity index (χ1v) is 10.4. The van der Waals surface area contributed by atoms with E-state index in [0.29, 0.717) is 22.6 Å². The van der Waals surface area contributed by atoms with Gasteiger partial charge in [-0.15, -0.1) is 0 Å². The van der Waals surface area contributed by atoms with Gasteiger partial charge in [0.05, 0.1) is 5.56 Å². The Balaban J connectivity index is 1.86. The first kappa shape index (κ1) is 23.1. The van der Waals surface area contributed by atoms with Crippen LogP contribution in [0.15, 0.2) is 49.0 Å². The van der Waals surface area contributed by atoms with E-state index in [2.05, 4.69) is 6.58 Å². The van der Waals surface area contributed by atoms with E-state index in [9.17, 15) is 14.4 Å². The molecule has 168 valence electrons. The average molecular weight is 437 g/mol. The molecule has 0 saturated carbocycles. The molecule has 0 radical (unpaired) electrons. The summed E-state index contributed by atoms with van der Waals surface area (Å²) in [5.74, 6) is -0.542. The van der Waals surface area contributed by atoms with Crippen molar-refractivity contribution < 1.29 is 23.9 Å². The summed E-state index contributed by atoms with van der Waals surface area (Å²) >= 11 is 0. The van der Waals surface area contributed by atoms with Gasteiger partial charge < -0.3 is 20.1 Å². The van der Waals surface area contributed by atoms with Crippen LogP contribution >= 0.6 is 0 Å². The number of fused-ring (bicyclic) bond motifs is 1. The fourth-order valence-corrected chi connectivity index (χ4v) is 3.63. The SMILES string of the molecule is C=Cc1ccc2c(c1Oc1ccccc1)C(=O)N(C(CCC(=O)OC(C)(C)C)C(N)=O)C2. The van der Waals surface area contributed by atoms with E-state index in [4.69, 9.17) is 15.2 Å². The van der Waals surface area contributed by atoms with E-state index in [-0.39, 0.29) is 25.3 Å². The van der Waals surface area contributed by atoms with Gasteiger partial charge >= 0.3 is 5.97 Å². The van der Waals surface area contributed by atoms with Gasteiger partial charge in [-0.2, -0.15) is 0 Å². The standard InChI is InChI=1S/C25H28N2O5/c1-5-16-11-12-17-15-27(19(23(26)29)13-14-20(28)32-25(2,3)4)24(30)21(17)22(16)31-18-9-7-6-8-10-18/h5-12,19H,1,13-15H2,2-4H3,(H2,26,29). The van der Waals surface area contributed by atoms with Crippen molar-refractivity contribution >= 4 is 23.9 Å². The molecule has 0 bridgehead atoms. The number of esters is 1. The van der Waals surface area contributed by atoms with Crippen LogP contribution in [0, 0.1) is 0 Å². The number of hydrogen-bond acceptors (Lipinski definition) is 5. The number of carbonyl (C=O) groups excluding carboxylic acids is 3. The Morgan fingerprint density at radius 3 is 2.47 bits per heavy atom. The maximum Gasteiger partial charge on any atom is 0.306 e. The van der Waals surface area contributed by atoms with E-state index >= 15 is 0 Å². The van der Waals surface area contributed by atoms with Crippen molar-refractivity contribution in [3.8, 4) is 11.5 Å². The number of nitrogens with two attached hydrogens (primary N) is 1. The van der Waals surface area contributed by atoms with Crippen LogP contribution in [0.1, 0.15) is 55.1 Å². The number of carbonyl (C=O) groups is 3. The minimum atomic E-state index is -0.945. The molecule has 1 unspecified atom stereocenters. The first-order chi connectivity index (χ1) is 15.1. The van der Waals surface area contributed by atoms with Gasteiger partial charge in [0.25, 0.3) is 5.91 Å². The molecule has 2 N–H and O–H groups in total. The van der Waals surface area contributed by atoms with Crippen molar-refractivity contribution in [1.29, 1.82) is 0 Å². The summed E-state index contributed by atoms with van der Waals surface area (Å²) in [4.78, 5) is 39.1. The first-order valence-electron chi connectivity index (χ1n) is 10.4. The molecule has 0 aromatic heterocycles. The third kappa shape index (κ3) is 5.17. The third-order valence-corrected chi connectivity index (χ3v) is 5.02. The third-order valence-electron chi connectivity index (χ3n) is 5.02. The van der Waals surface area contributed by atoms with E-state index in [0.717, 1.165) is 5.56 Å². The molecule has 32 heavy (non-hydrogen) atoms.